The van der Waals surface area contributed by atoms with Crippen molar-refractivity contribution in [2.24, 2.45) is 5.73 Å². The van der Waals surface area contributed by atoms with E-state index < -0.39 is 0 Å². The molecule has 17 heavy (non-hydrogen) atoms. The van der Waals surface area contributed by atoms with E-state index in [0.717, 1.165) is 12.8 Å². The predicted octanol–water partition coefficient (Wildman–Crippen LogP) is 3.92. The molecule has 1 spiro atoms. The van der Waals surface area contributed by atoms with Gasteiger partial charge >= 0.3 is 0 Å². The topological polar surface area (TPSA) is 26.0 Å². The predicted molar refractivity (Wildman–Crippen MR) is 75.2 cm³/mol. The van der Waals surface area contributed by atoms with Crippen LogP contribution in [0.4, 0.5) is 0 Å². The summed E-state index contributed by atoms with van der Waals surface area (Å²) >= 11 is 3.59. The lowest BCUT2D eigenvalue weighted by Gasteiger charge is -2.46. The maximum atomic E-state index is 6.49. The molecule has 1 aromatic carbocycles. The quantitative estimate of drug-likeness (QED) is 0.771. The fourth-order valence-corrected chi connectivity index (χ4v) is 4.27. The summed E-state index contributed by atoms with van der Waals surface area (Å²) in [7, 11) is 0. The van der Waals surface area contributed by atoms with Gasteiger partial charge in [-0.25, -0.2) is 0 Å². The van der Waals surface area contributed by atoms with E-state index >= 15 is 0 Å². The van der Waals surface area contributed by atoms with Gasteiger partial charge in [0.2, 0.25) is 0 Å². The molecule has 3 rings (SSSR count). The Hall–Kier alpha value is -0.340. The molecule has 1 unspecified atom stereocenters. The first-order valence-corrected chi connectivity index (χ1v) is 7.56. The van der Waals surface area contributed by atoms with E-state index in [1.807, 2.05) is 0 Å². The van der Waals surface area contributed by atoms with Gasteiger partial charge in [-0.05, 0) is 48.9 Å². The first-order valence-electron chi connectivity index (χ1n) is 6.77. The van der Waals surface area contributed by atoms with Crippen molar-refractivity contribution < 1.29 is 0 Å². The minimum Gasteiger partial charge on any atom is -0.327 e. The van der Waals surface area contributed by atoms with Crippen molar-refractivity contribution >= 4 is 15.9 Å². The standard InChI is InChI=1S/C15H20BrN/c16-12-5-6-13-11(10-12)4-7-14(17)15(13)8-2-1-3-9-15/h5-6,10,14H,1-4,7-9,17H2. The van der Waals surface area contributed by atoms with Gasteiger partial charge < -0.3 is 5.73 Å². The van der Waals surface area contributed by atoms with E-state index in [1.54, 1.807) is 5.56 Å². The van der Waals surface area contributed by atoms with Crippen LogP contribution in [0.25, 0.3) is 0 Å². The van der Waals surface area contributed by atoms with Gasteiger partial charge in [0.25, 0.3) is 0 Å². The third-order valence-corrected chi connectivity index (χ3v) is 5.28. The Kier molecular flexibility index (Phi) is 3.04. The molecule has 0 heterocycles. The lowest BCUT2D eigenvalue weighted by Crippen LogP contribution is -2.49. The summed E-state index contributed by atoms with van der Waals surface area (Å²) in [5, 5.41) is 0. The summed E-state index contributed by atoms with van der Waals surface area (Å²) in [4.78, 5) is 0. The fraction of sp³-hybridized carbons (Fsp3) is 0.600. The number of halogens is 1. The maximum absolute atomic E-state index is 6.49. The molecular formula is C15H20BrN. The largest absolute Gasteiger partial charge is 0.327 e. The molecule has 2 aliphatic rings. The lowest BCUT2D eigenvalue weighted by atomic mass is 9.60. The summed E-state index contributed by atoms with van der Waals surface area (Å²) in [6.07, 6.45) is 8.99. The van der Waals surface area contributed by atoms with Crippen LogP contribution < -0.4 is 5.73 Å². The highest BCUT2D eigenvalue weighted by Gasteiger charge is 2.42. The maximum Gasteiger partial charge on any atom is 0.0178 e. The number of rotatable bonds is 0. The van der Waals surface area contributed by atoms with Crippen molar-refractivity contribution in [3.63, 3.8) is 0 Å². The normalized spacial score (nSPS) is 26.8. The zero-order valence-electron chi connectivity index (χ0n) is 10.2. The van der Waals surface area contributed by atoms with Gasteiger partial charge in [-0.3, -0.25) is 0 Å². The average molecular weight is 294 g/mol. The Morgan fingerprint density at radius 2 is 1.94 bits per heavy atom. The van der Waals surface area contributed by atoms with Crippen molar-refractivity contribution in [3.05, 3.63) is 33.8 Å². The molecule has 92 valence electrons. The Bertz CT molecular complexity index is 421. The van der Waals surface area contributed by atoms with Gasteiger partial charge in [0.15, 0.2) is 0 Å². The second kappa shape index (κ2) is 4.40. The van der Waals surface area contributed by atoms with Crippen molar-refractivity contribution in [1.82, 2.24) is 0 Å². The van der Waals surface area contributed by atoms with E-state index in [-0.39, 0.29) is 0 Å². The number of hydrogen-bond donors (Lipinski definition) is 1. The second-order valence-electron chi connectivity index (χ2n) is 5.66. The van der Waals surface area contributed by atoms with Crippen LogP contribution in [0.5, 0.6) is 0 Å². The number of benzene rings is 1. The SMILES string of the molecule is NC1CCc2cc(Br)ccc2C12CCCCC2. The summed E-state index contributed by atoms with van der Waals surface area (Å²) in [6, 6.07) is 7.19. The highest BCUT2D eigenvalue weighted by molar-refractivity contribution is 9.10. The van der Waals surface area contributed by atoms with Gasteiger partial charge in [0.05, 0.1) is 0 Å². The van der Waals surface area contributed by atoms with Crippen LogP contribution in [0.2, 0.25) is 0 Å². The minimum absolute atomic E-state index is 0.298. The van der Waals surface area contributed by atoms with Crippen LogP contribution in [0, 0.1) is 0 Å². The van der Waals surface area contributed by atoms with Gasteiger partial charge in [-0.2, -0.15) is 0 Å². The van der Waals surface area contributed by atoms with Crippen LogP contribution in [0.3, 0.4) is 0 Å². The highest BCUT2D eigenvalue weighted by atomic mass is 79.9. The third kappa shape index (κ3) is 1.86. The van der Waals surface area contributed by atoms with Crippen molar-refractivity contribution in [3.8, 4) is 0 Å². The second-order valence-corrected chi connectivity index (χ2v) is 6.58. The Balaban J connectivity index is 2.09. The molecule has 1 atom stereocenters. The molecule has 1 nitrogen and oxygen atoms in total. The summed E-state index contributed by atoms with van der Waals surface area (Å²) in [5.41, 5.74) is 9.87. The minimum atomic E-state index is 0.298. The lowest BCUT2D eigenvalue weighted by molar-refractivity contribution is 0.221. The Labute approximate surface area is 112 Å². The van der Waals surface area contributed by atoms with Crippen LogP contribution in [0.1, 0.15) is 49.7 Å². The molecule has 0 aromatic heterocycles. The molecular weight excluding hydrogens is 274 g/mol. The van der Waals surface area contributed by atoms with Gasteiger partial charge in [-0.15, -0.1) is 0 Å². The summed E-state index contributed by atoms with van der Waals surface area (Å²) in [5.74, 6) is 0. The van der Waals surface area contributed by atoms with E-state index in [0.29, 0.717) is 11.5 Å². The smallest absolute Gasteiger partial charge is 0.0178 e. The molecule has 1 fully saturated rings. The monoisotopic (exact) mass is 293 g/mol. The molecule has 0 radical (unpaired) electrons. The Morgan fingerprint density at radius 3 is 2.71 bits per heavy atom. The molecule has 0 bridgehead atoms. The first-order chi connectivity index (χ1) is 8.22. The van der Waals surface area contributed by atoms with Crippen LogP contribution in [-0.2, 0) is 11.8 Å². The van der Waals surface area contributed by atoms with Crippen LogP contribution in [-0.4, -0.2) is 6.04 Å². The van der Waals surface area contributed by atoms with Crippen molar-refractivity contribution in [1.29, 1.82) is 0 Å². The molecule has 0 aliphatic heterocycles. The molecule has 1 aromatic rings. The van der Waals surface area contributed by atoms with E-state index in [2.05, 4.69) is 34.1 Å². The fourth-order valence-electron chi connectivity index (χ4n) is 3.86. The van der Waals surface area contributed by atoms with Crippen LogP contribution >= 0.6 is 15.9 Å². The van der Waals surface area contributed by atoms with Crippen LogP contribution in [0.15, 0.2) is 22.7 Å². The number of nitrogens with two attached hydrogens (primary N) is 1. The molecule has 2 N–H and O–H groups in total. The first kappa shape index (κ1) is 11.7. The van der Waals surface area contributed by atoms with Gasteiger partial charge in [-0.1, -0.05) is 41.3 Å². The molecule has 0 saturated heterocycles. The Morgan fingerprint density at radius 1 is 1.18 bits per heavy atom. The highest BCUT2D eigenvalue weighted by Crippen LogP contribution is 2.47. The van der Waals surface area contributed by atoms with E-state index in [4.69, 9.17) is 5.73 Å². The third-order valence-electron chi connectivity index (χ3n) is 4.78. The van der Waals surface area contributed by atoms with E-state index in [1.165, 1.54) is 42.1 Å². The van der Waals surface area contributed by atoms with Crippen molar-refractivity contribution in [2.75, 3.05) is 0 Å². The zero-order chi connectivity index (χ0) is 11.9. The average Bonchev–Trinajstić information content (AvgIpc) is 2.35. The zero-order valence-corrected chi connectivity index (χ0v) is 11.8. The van der Waals surface area contributed by atoms with Gasteiger partial charge in [0, 0.05) is 15.9 Å². The number of aryl methyl sites for hydroxylation is 1. The molecule has 2 heteroatoms. The van der Waals surface area contributed by atoms with Crippen molar-refractivity contribution in [2.45, 2.75) is 56.4 Å². The summed E-state index contributed by atoms with van der Waals surface area (Å²) in [6.45, 7) is 0. The van der Waals surface area contributed by atoms with E-state index in [9.17, 15) is 0 Å². The molecule has 1 saturated carbocycles. The van der Waals surface area contributed by atoms with Gasteiger partial charge in [0.1, 0.15) is 0 Å². The molecule has 0 amide bonds. The molecule has 2 aliphatic carbocycles. The number of fused-ring (bicyclic) bond motifs is 2. The summed E-state index contributed by atoms with van der Waals surface area (Å²) < 4.78 is 1.21. The number of hydrogen-bond acceptors (Lipinski definition) is 1.